The fourth-order valence-electron chi connectivity index (χ4n) is 2.27. The maximum atomic E-state index is 13.1. The summed E-state index contributed by atoms with van der Waals surface area (Å²) in [4.78, 5) is 0.233. The summed E-state index contributed by atoms with van der Waals surface area (Å²) in [5.41, 5.74) is 2.19. The highest BCUT2D eigenvalue weighted by atomic mass is 32.2. The first-order chi connectivity index (χ1) is 11.4. The predicted molar refractivity (Wildman–Crippen MR) is 98.7 cm³/mol. The fourth-order valence-corrected chi connectivity index (χ4v) is 3.69. The lowest BCUT2D eigenvalue weighted by Gasteiger charge is -2.23. The van der Waals surface area contributed by atoms with Crippen molar-refractivity contribution < 1.29 is 13.2 Å². The third-order valence-corrected chi connectivity index (χ3v) is 5.26. The first kappa shape index (κ1) is 17.8. The van der Waals surface area contributed by atoms with Crippen LogP contribution in [0.1, 0.15) is 18.1 Å². The maximum Gasteiger partial charge on any atom is 0.268 e. The zero-order chi connectivity index (χ0) is 17.7. The van der Waals surface area contributed by atoms with Crippen molar-refractivity contribution in [2.24, 2.45) is 0 Å². The Morgan fingerprint density at radius 1 is 1.12 bits per heavy atom. The predicted octanol–water partition coefficient (Wildman–Crippen LogP) is 4.38. The summed E-state index contributed by atoms with van der Waals surface area (Å²) in [5.74, 6) is 0.641. The summed E-state index contributed by atoms with van der Waals surface area (Å²) in [5, 5.41) is 0. The van der Waals surface area contributed by atoms with Gasteiger partial charge >= 0.3 is 0 Å². The molecule has 2 aromatic carbocycles. The minimum atomic E-state index is -3.73. The van der Waals surface area contributed by atoms with E-state index in [2.05, 4.69) is 6.58 Å². The van der Waals surface area contributed by atoms with Gasteiger partial charge in [-0.3, -0.25) is 0 Å². The smallest absolute Gasteiger partial charge is 0.268 e. The number of hydrogen-bond acceptors (Lipinski definition) is 3. The molecule has 0 radical (unpaired) electrons. The molecule has 0 atom stereocenters. The van der Waals surface area contributed by atoms with Crippen LogP contribution in [0.15, 0.2) is 66.2 Å². The van der Waals surface area contributed by atoms with Crippen LogP contribution >= 0.6 is 0 Å². The first-order valence-electron chi connectivity index (χ1n) is 7.48. The fraction of sp³-hybridized carbons (Fsp3) is 0.158. The van der Waals surface area contributed by atoms with Crippen LogP contribution in [0.4, 0.5) is 5.69 Å². The zero-order valence-corrected chi connectivity index (χ0v) is 14.9. The van der Waals surface area contributed by atoms with Crippen LogP contribution in [0.3, 0.4) is 0 Å². The molecule has 0 N–H and O–H groups in total. The molecular formula is C19H21NO3S. The topological polar surface area (TPSA) is 46.6 Å². The van der Waals surface area contributed by atoms with Crippen molar-refractivity contribution in [2.45, 2.75) is 18.7 Å². The number of benzene rings is 2. The molecule has 0 aliphatic carbocycles. The number of rotatable bonds is 6. The number of anilines is 1. The van der Waals surface area contributed by atoms with Gasteiger partial charge in [-0.05, 0) is 44.2 Å². The Labute approximate surface area is 143 Å². The molecule has 0 amide bonds. The van der Waals surface area contributed by atoms with Gasteiger partial charge in [0.15, 0.2) is 0 Å². The van der Waals surface area contributed by atoms with Crippen LogP contribution in [0.25, 0.3) is 6.08 Å². The van der Waals surface area contributed by atoms with E-state index in [1.807, 2.05) is 6.92 Å². The monoisotopic (exact) mass is 343 g/mol. The van der Waals surface area contributed by atoms with E-state index >= 15 is 0 Å². The first-order valence-corrected chi connectivity index (χ1v) is 8.92. The number of hydrogen-bond donors (Lipinski definition) is 0. The van der Waals surface area contributed by atoms with E-state index in [1.54, 1.807) is 68.7 Å². The molecule has 0 saturated carbocycles. The number of nitrogens with zero attached hydrogens (tertiary/aromatic N) is 1. The third kappa shape index (κ3) is 3.51. The molecule has 0 aliphatic rings. The number of ether oxygens (including phenoxy) is 1. The SMILES string of the molecule is C=Cc1cc(OC)ccc1N(/C=C/C)S(=O)(=O)c1ccc(C)cc1. The van der Waals surface area contributed by atoms with Crippen molar-refractivity contribution in [3.8, 4) is 5.75 Å². The van der Waals surface area contributed by atoms with Gasteiger partial charge in [0.25, 0.3) is 10.0 Å². The molecule has 24 heavy (non-hydrogen) atoms. The zero-order valence-electron chi connectivity index (χ0n) is 14.1. The minimum absolute atomic E-state index is 0.233. The highest BCUT2D eigenvalue weighted by molar-refractivity contribution is 7.93. The average Bonchev–Trinajstić information content (AvgIpc) is 2.59. The van der Waals surface area contributed by atoms with Crippen LogP contribution < -0.4 is 9.04 Å². The molecule has 4 nitrogen and oxygen atoms in total. The average molecular weight is 343 g/mol. The molecule has 0 unspecified atom stereocenters. The van der Waals surface area contributed by atoms with Crippen LogP contribution in [0, 0.1) is 6.92 Å². The van der Waals surface area contributed by atoms with Crippen molar-refractivity contribution >= 4 is 21.8 Å². The van der Waals surface area contributed by atoms with Crippen LogP contribution in [0.5, 0.6) is 5.75 Å². The van der Waals surface area contributed by atoms with E-state index in [0.717, 1.165) is 5.56 Å². The Kier molecular flexibility index (Phi) is 5.46. The second kappa shape index (κ2) is 7.36. The van der Waals surface area contributed by atoms with Crippen molar-refractivity contribution in [2.75, 3.05) is 11.4 Å². The normalized spacial score (nSPS) is 11.5. The van der Waals surface area contributed by atoms with Crippen LogP contribution in [-0.4, -0.2) is 15.5 Å². The van der Waals surface area contributed by atoms with E-state index in [9.17, 15) is 8.42 Å². The molecule has 0 aromatic heterocycles. The van der Waals surface area contributed by atoms with E-state index in [-0.39, 0.29) is 4.90 Å². The molecule has 0 saturated heterocycles. The highest BCUT2D eigenvalue weighted by Crippen LogP contribution is 2.31. The largest absolute Gasteiger partial charge is 0.497 e. The second-order valence-electron chi connectivity index (χ2n) is 5.23. The summed E-state index contributed by atoms with van der Waals surface area (Å²) in [6.45, 7) is 7.46. The molecule has 126 valence electrons. The van der Waals surface area contributed by atoms with Crippen molar-refractivity contribution in [3.63, 3.8) is 0 Å². The maximum absolute atomic E-state index is 13.1. The van der Waals surface area contributed by atoms with Crippen LogP contribution in [-0.2, 0) is 10.0 Å². The molecule has 0 fully saturated rings. The van der Waals surface area contributed by atoms with Gasteiger partial charge < -0.3 is 4.74 Å². The summed E-state index contributed by atoms with van der Waals surface area (Å²) in [6.07, 6.45) is 4.83. The number of methoxy groups -OCH3 is 1. The number of aryl methyl sites for hydroxylation is 1. The second-order valence-corrected chi connectivity index (χ2v) is 7.04. The summed E-state index contributed by atoms with van der Waals surface area (Å²) < 4.78 is 32.6. The van der Waals surface area contributed by atoms with E-state index in [1.165, 1.54) is 10.5 Å². The van der Waals surface area contributed by atoms with Gasteiger partial charge in [0.1, 0.15) is 5.75 Å². The number of allylic oxidation sites excluding steroid dienone is 1. The van der Waals surface area contributed by atoms with Crippen molar-refractivity contribution in [1.82, 2.24) is 0 Å². The molecule has 0 bridgehead atoms. The Hall–Kier alpha value is -2.53. The Bertz CT molecular complexity index is 853. The van der Waals surface area contributed by atoms with Gasteiger partial charge in [0, 0.05) is 11.8 Å². The number of sulfonamides is 1. The van der Waals surface area contributed by atoms with Gasteiger partial charge in [-0.15, -0.1) is 0 Å². The Morgan fingerprint density at radius 3 is 2.33 bits per heavy atom. The van der Waals surface area contributed by atoms with Gasteiger partial charge in [0.05, 0.1) is 17.7 Å². The molecule has 5 heteroatoms. The van der Waals surface area contributed by atoms with E-state index in [0.29, 0.717) is 17.0 Å². The van der Waals surface area contributed by atoms with Crippen molar-refractivity contribution in [3.05, 3.63) is 72.4 Å². The lowest BCUT2D eigenvalue weighted by atomic mass is 10.1. The summed E-state index contributed by atoms with van der Waals surface area (Å²) in [7, 11) is -2.16. The van der Waals surface area contributed by atoms with Gasteiger partial charge in [-0.25, -0.2) is 12.7 Å². The van der Waals surface area contributed by atoms with Gasteiger partial charge in [0.2, 0.25) is 0 Å². The van der Waals surface area contributed by atoms with Gasteiger partial charge in [-0.2, -0.15) is 0 Å². The van der Waals surface area contributed by atoms with E-state index < -0.39 is 10.0 Å². The molecule has 0 heterocycles. The molecule has 0 aliphatic heterocycles. The highest BCUT2D eigenvalue weighted by Gasteiger charge is 2.24. The summed E-state index contributed by atoms with van der Waals surface area (Å²) >= 11 is 0. The standard InChI is InChI=1S/C19H21NO3S/c1-5-13-20(19-12-9-17(23-4)14-16(19)6-2)24(21,22)18-10-7-15(3)8-11-18/h5-14H,2H2,1,3-4H3/b13-5+. The third-order valence-electron chi connectivity index (χ3n) is 3.55. The van der Waals surface area contributed by atoms with Crippen LogP contribution in [0.2, 0.25) is 0 Å². The Morgan fingerprint density at radius 2 is 1.79 bits per heavy atom. The van der Waals surface area contributed by atoms with Gasteiger partial charge in [-0.1, -0.05) is 36.4 Å². The lowest BCUT2D eigenvalue weighted by Crippen LogP contribution is -2.26. The molecule has 0 spiro atoms. The Balaban J connectivity index is 2.61. The lowest BCUT2D eigenvalue weighted by molar-refractivity contribution is 0.415. The minimum Gasteiger partial charge on any atom is -0.497 e. The molecule has 2 aromatic rings. The quantitative estimate of drug-likeness (QED) is 0.782. The molecular weight excluding hydrogens is 322 g/mol. The van der Waals surface area contributed by atoms with E-state index in [4.69, 9.17) is 4.74 Å². The summed E-state index contributed by atoms with van der Waals surface area (Å²) in [6, 6.07) is 12.0. The molecule has 2 rings (SSSR count). The van der Waals surface area contributed by atoms with Crippen molar-refractivity contribution in [1.29, 1.82) is 0 Å².